The lowest BCUT2D eigenvalue weighted by atomic mass is 9.97. The molecule has 0 heterocycles. The molecule has 0 aliphatic rings. The van der Waals surface area contributed by atoms with Crippen molar-refractivity contribution in [1.29, 1.82) is 0 Å². The molecule has 5 aromatic carbocycles. The third-order valence-electron chi connectivity index (χ3n) is 7.15. The highest BCUT2D eigenvalue weighted by Gasteiger charge is 2.32. The predicted octanol–water partition coefficient (Wildman–Crippen LogP) is 10.3. The van der Waals surface area contributed by atoms with Crippen molar-refractivity contribution in [2.24, 2.45) is 0 Å². The molecule has 5 rings (SSSR count). The second-order valence-corrected chi connectivity index (χ2v) is 11.0. The first kappa shape index (κ1) is 37.3. The summed E-state index contributed by atoms with van der Waals surface area (Å²) >= 11 is 6.02. The summed E-state index contributed by atoms with van der Waals surface area (Å²) < 4.78 is 88.6. The van der Waals surface area contributed by atoms with Gasteiger partial charge in [0.2, 0.25) is 0 Å². The van der Waals surface area contributed by atoms with Gasteiger partial charge in [0.1, 0.15) is 11.5 Å². The van der Waals surface area contributed by atoms with E-state index in [4.69, 9.17) is 31.3 Å². The number of carboxylic acids is 2. The second-order valence-electron chi connectivity index (χ2n) is 10.6. The van der Waals surface area contributed by atoms with Gasteiger partial charge in [-0.25, -0.2) is 9.59 Å². The maximum absolute atomic E-state index is 13.1. The molecule has 0 aromatic heterocycles. The van der Waals surface area contributed by atoms with Gasteiger partial charge in [-0.3, -0.25) is 0 Å². The SMILES string of the molecule is Cc1c(Cl)cccc1-c1cc(C(F)(F)F)ccc1OCC(=O)O.O=C(O)COc1ccc(C(F)(F)F)cc1-c1cccc(-c2ccccc2)c1. The van der Waals surface area contributed by atoms with E-state index in [9.17, 15) is 35.9 Å². The summed E-state index contributed by atoms with van der Waals surface area (Å²) in [6.45, 7) is 0.369. The van der Waals surface area contributed by atoms with Crippen molar-refractivity contribution in [1.82, 2.24) is 0 Å². The minimum absolute atomic E-state index is 0.0470. The Labute approximate surface area is 287 Å². The molecule has 0 saturated carbocycles. The van der Waals surface area contributed by atoms with Gasteiger partial charge in [-0.05, 0) is 83.3 Å². The molecule has 0 fully saturated rings. The van der Waals surface area contributed by atoms with Crippen molar-refractivity contribution in [2.45, 2.75) is 19.3 Å². The van der Waals surface area contributed by atoms with E-state index in [-0.39, 0.29) is 22.6 Å². The van der Waals surface area contributed by atoms with Gasteiger partial charge in [-0.15, -0.1) is 0 Å². The molecule has 0 radical (unpaired) electrons. The average Bonchev–Trinajstić information content (AvgIpc) is 3.07. The molecule has 5 aromatic rings. The number of halogens is 7. The number of alkyl halides is 6. The maximum Gasteiger partial charge on any atom is 0.416 e. The Morgan fingerprint density at radius 1 is 0.580 bits per heavy atom. The summed E-state index contributed by atoms with van der Waals surface area (Å²) in [5.41, 5.74) is 1.92. The van der Waals surface area contributed by atoms with Crippen LogP contribution < -0.4 is 9.47 Å². The Morgan fingerprint density at radius 3 is 1.60 bits per heavy atom. The van der Waals surface area contributed by atoms with Gasteiger partial charge in [0, 0.05) is 16.1 Å². The highest BCUT2D eigenvalue weighted by Crippen LogP contribution is 2.40. The van der Waals surface area contributed by atoms with Crippen LogP contribution >= 0.6 is 11.6 Å². The van der Waals surface area contributed by atoms with Crippen LogP contribution in [0.15, 0.2) is 109 Å². The number of benzene rings is 5. The number of aliphatic carboxylic acids is 2. The molecule has 0 amide bonds. The summed E-state index contributed by atoms with van der Waals surface area (Å²) in [4.78, 5) is 21.4. The van der Waals surface area contributed by atoms with E-state index in [1.807, 2.05) is 36.4 Å². The van der Waals surface area contributed by atoms with Crippen molar-refractivity contribution in [3.8, 4) is 44.9 Å². The van der Waals surface area contributed by atoms with Crippen molar-refractivity contribution in [3.05, 3.63) is 131 Å². The first-order valence-corrected chi connectivity index (χ1v) is 15.0. The molecule has 0 atom stereocenters. The molecule has 0 spiro atoms. The van der Waals surface area contributed by atoms with Gasteiger partial charge in [-0.1, -0.05) is 72.3 Å². The molecular formula is C37H27ClF6O6. The standard InChI is InChI=1S/C21H15F3O3.C16H12ClF3O3/c22-21(23,24)17-9-10-19(27-13-20(25)26)18(12-17)16-8-4-7-15(11-16)14-5-2-1-3-6-14;1-9-11(3-2-4-13(9)17)12-7-10(16(18,19)20)5-6-14(12)23-8-15(21)22/h1-12H,13H2,(H,25,26);2-7H,8H2,1H3,(H,21,22). The Kier molecular flexibility index (Phi) is 11.8. The number of ether oxygens (including phenoxy) is 2. The predicted molar refractivity (Wildman–Crippen MR) is 175 cm³/mol. The van der Waals surface area contributed by atoms with Crippen LogP contribution in [-0.2, 0) is 21.9 Å². The summed E-state index contributed by atoms with van der Waals surface area (Å²) in [6, 6.07) is 27.1. The zero-order chi connectivity index (χ0) is 36.6. The number of hydrogen-bond acceptors (Lipinski definition) is 4. The number of rotatable bonds is 9. The van der Waals surface area contributed by atoms with Crippen molar-refractivity contribution >= 4 is 23.5 Å². The minimum Gasteiger partial charge on any atom is -0.481 e. The largest absolute Gasteiger partial charge is 0.481 e. The Hall–Kier alpha value is -5.49. The number of carboxylic acid groups (broad SMARTS) is 2. The molecular weight excluding hydrogens is 690 g/mol. The molecule has 50 heavy (non-hydrogen) atoms. The first-order chi connectivity index (χ1) is 23.5. The van der Waals surface area contributed by atoms with Crippen LogP contribution in [-0.4, -0.2) is 35.4 Å². The van der Waals surface area contributed by atoms with Crippen molar-refractivity contribution < 1.29 is 55.6 Å². The lowest BCUT2D eigenvalue weighted by molar-refractivity contribution is -0.140. The molecule has 260 valence electrons. The third kappa shape index (κ3) is 9.79. The average molecular weight is 717 g/mol. The fourth-order valence-corrected chi connectivity index (χ4v) is 4.95. The van der Waals surface area contributed by atoms with E-state index in [1.165, 1.54) is 0 Å². The van der Waals surface area contributed by atoms with Crippen LogP contribution in [0.2, 0.25) is 5.02 Å². The first-order valence-electron chi connectivity index (χ1n) is 14.6. The fourth-order valence-electron chi connectivity index (χ4n) is 4.78. The third-order valence-corrected chi connectivity index (χ3v) is 7.56. The molecule has 0 bridgehead atoms. The van der Waals surface area contributed by atoms with E-state index in [0.29, 0.717) is 21.7 Å². The van der Waals surface area contributed by atoms with Crippen molar-refractivity contribution in [3.63, 3.8) is 0 Å². The zero-order valence-corrected chi connectivity index (χ0v) is 26.7. The lowest BCUT2D eigenvalue weighted by Crippen LogP contribution is -2.11. The van der Waals surface area contributed by atoms with E-state index in [0.717, 1.165) is 47.5 Å². The van der Waals surface area contributed by atoms with E-state index in [2.05, 4.69) is 0 Å². The van der Waals surface area contributed by atoms with Gasteiger partial charge in [0.15, 0.2) is 13.2 Å². The van der Waals surface area contributed by atoms with Crippen LogP contribution in [0.1, 0.15) is 16.7 Å². The lowest BCUT2D eigenvalue weighted by Gasteiger charge is -2.16. The highest BCUT2D eigenvalue weighted by atomic mass is 35.5. The van der Waals surface area contributed by atoms with Crippen LogP contribution in [0, 0.1) is 6.92 Å². The van der Waals surface area contributed by atoms with Crippen LogP contribution in [0.25, 0.3) is 33.4 Å². The van der Waals surface area contributed by atoms with Gasteiger partial charge in [0.25, 0.3) is 0 Å². The quantitative estimate of drug-likeness (QED) is 0.148. The van der Waals surface area contributed by atoms with Gasteiger partial charge < -0.3 is 19.7 Å². The monoisotopic (exact) mass is 716 g/mol. The van der Waals surface area contributed by atoms with E-state index >= 15 is 0 Å². The maximum atomic E-state index is 13.1. The molecule has 0 aliphatic carbocycles. The topological polar surface area (TPSA) is 93.1 Å². The minimum atomic E-state index is -4.52. The summed E-state index contributed by atoms with van der Waals surface area (Å²) in [5, 5.41) is 17.9. The zero-order valence-electron chi connectivity index (χ0n) is 26.0. The Morgan fingerprint density at radius 2 is 1.06 bits per heavy atom. The van der Waals surface area contributed by atoms with Crippen LogP contribution in [0.5, 0.6) is 11.5 Å². The Bertz CT molecular complexity index is 1980. The highest BCUT2D eigenvalue weighted by molar-refractivity contribution is 6.31. The van der Waals surface area contributed by atoms with Crippen LogP contribution in [0.3, 0.4) is 0 Å². The number of hydrogen-bond donors (Lipinski definition) is 2. The number of carbonyl (C=O) groups is 2. The molecule has 0 unspecified atom stereocenters. The van der Waals surface area contributed by atoms with Crippen molar-refractivity contribution in [2.75, 3.05) is 13.2 Å². The normalized spacial score (nSPS) is 11.3. The molecule has 0 saturated heterocycles. The summed E-state index contributed by atoms with van der Waals surface area (Å²) in [5.74, 6) is -2.31. The summed E-state index contributed by atoms with van der Waals surface area (Å²) in [6.07, 6.45) is -9.04. The van der Waals surface area contributed by atoms with Gasteiger partial charge in [-0.2, -0.15) is 26.3 Å². The summed E-state index contributed by atoms with van der Waals surface area (Å²) in [7, 11) is 0. The molecule has 6 nitrogen and oxygen atoms in total. The van der Waals surface area contributed by atoms with Crippen LogP contribution in [0.4, 0.5) is 26.3 Å². The Balaban J connectivity index is 0.000000228. The molecule has 13 heteroatoms. The fraction of sp³-hybridized carbons (Fsp3) is 0.135. The molecule has 0 aliphatic heterocycles. The van der Waals surface area contributed by atoms with E-state index in [1.54, 1.807) is 43.3 Å². The smallest absolute Gasteiger partial charge is 0.416 e. The molecule has 2 N–H and O–H groups in total. The van der Waals surface area contributed by atoms with Gasteiger partial charge >= 0.3 is 24.3 Å². The second kappa shape index (κ2) is 15.8. The van der Waals surface area contributed by atoms with Gasteiger partial charge in [0.05, 0.1) is 11.1 Å². The van der Waals surface area contributed by atoms with E-state index < -0.39 is 48.6 Å².